The van der Waals surface area contributed by atoms with E-state index in [0.717, 1.165) is 12.5 Å². The Bertz CT molecular complexity index is 204. The maximum absolute atomic E-state index is 5.83. The van der Waals surface area contributed by atoms with Crippen molar-refractivity contribution >= 4 is 0 Å². The molecule has 0 rings (SSSR count). The average molecular weight is 299 g/mol. The predicted octanol–water partition coefficient (Wildman–Crippen LogP) is 5.21. The zero-order valence-electron chi connectivity index (χ0n) is 15.4. The Hall–Kier alpha value is -0.0800. The van der Waals surface area contributed by atoms with Gasteiger partial charge in [0.05, 0.1) is 0 Å². The van der Waals surface area contributed by atoms with E-state index in [9.17, 15) is 0 Å². The van der Waals surface area contributed by atoms with Crippen LogP contribution >= 0.6 is 0 Å². The highest BCUT2D eigenvalue weighted by Gasteiger charge is 2.13. The molecule has 0 aliphatic carbocycles. The zero-order valence-corrected chi connectivity index (χ0v) is 15.4. The Morgan fingerprint density at radius 3 is 1.71 bits per heavy atom. The van der Waals surface area contributed by atoms with Gasteiger partial charge in [-0.25, -0.2) is 0 Å². The minimum atomic E-state index is 0.558. The summed E-state index contributed by atoms with van der Waals surface area (Å²) >= 11 is 0. The third-order valence-corrected chi connectivity index (χ3v) is 4.73. The minimum Gasteiger partial charge on any atom is -0.329 e. The van der Waals surface area contributed by atoms with E-state index in [4.69, 9.17) is 5.73 Å². The molecule has 0 unspecified atom stereocenters. The molecule has 0 spiro atoms. The second-order valence-electron chi connectivity index (χ2n) is 7.16. The van der Waals surface area contributed by atoms with Crippen LogP contribution in [0.1, 0.15) is 90.9 Å². The molecule has 128 valence electrons. The molecule has 0 heterocycles. The van der Waals surface area contributed by atoms with Gasteiger partial charge in [0.25, 0.3) is 0 Å². The molecule has 0 saturated heterocycles. The van der Waals surface area contributed by atoms with Crippen LogP contribution in [0.15, 0.2) is 0 Å². The van der Waals surface area contributed by atoms with Crippen molar-refractivity contribution in [2.24, 2.45) is 11.7 Å². The number of hydrogen-bond acceptors (Lipinski definition) is 2. The van der Waals surface area contributed by atoms with Gasteiger partial charge in [0.2, 0.25) is 0 Å². The third-order valence-electron chi connectivity index (χ3n) is 4.73. The van der Waals surface area contributed by atoms with Crippen LogP contribution in [-0.2, 0) is 0 Å². The maximum atomic E-state index is 5.83. The Kier molecular flexibility index (Phi) is 14.8. The number of likely N-dealkylation sites (N-methyl/N-ethyl adjacent to an activating group) is 1. The van der Waals surface area contributed by atoms with Gasteiger partial charge in [-0.05, 0) is 26.4 Å². The summed E-state index contributed by atoms with van der Waals surface area (Å²) in [5.41, 5.74) is 5.83. The molecule has 0 aromatic heterocycles. The molecular weight excluding hydrogens is 256 g/mol. The SMILES string of the molecule is CCCCCCCCCCCC[C@@H](C)C[C@H](CN)N(C)C. The quantitative estimate of drug-likeness (QED) is 0.420. The van der Waals surface area contributed by atoms with Gasteiger partial charge < -0.3 is 10.6 Å². The van der Waals surface area contributed by atoms with Crippen LogP contribution in [0.5, 0.6) is 0 Å². The predicted molar refractivity (Wildman–Crippen MR) is 96.8 cm³/mol. The Morgan fingerprint density at radius 2 is 1.29 bits per heavy atom. The fourth-order valence-electron chi connectivity index (χ4n) is 3.08. The van der Waals surface area contributed by atoms with Crippen molar-refractivity contribution in [1.82, 2.24) is 4.90 Å². The first-order valence-corrected chi connectivity index (χ1v) is 9.48. The second kappa shape index (κ2) is 14.8. The lowest BCUT2D eigenvalue weighted by molar-refractivity contribution is 0.248. The third kappa shape index (κ3) is 13.3. The lowest BCUT2D eigenvalue weighted by Crippen LogP contribution is -2.36. The van der Waals surface area contributed by atoms with Crippen LogP contribution in [0.2, 0.25) is 0 Å². The van der Waals surface area contributed by atoms with Crippen molar-refractivity contribution in [2.75, 3.05) is 20.6 Å². The summed E-state index contributed by atoms with van der Waals surface area (Å²) in [4.78, 5) is 2.27. The molecule has 0 saturated carbocycles. The summed E-state index contributed by atoms with van der Waals surface area (Å²) in [5, 5.41) is 0. The van der Waals surface area contributed by atoms with Crippen molar-refractivity contribution < 1.29 is 0 Å². The summed E-state index contributed by atoms with van der Waals surface area (Å²) in [7, 11) is 4.29. The van der Waals surface area contributed by atoms with Gasteiger partial charge in [-0.15, -0.1) is 0 Å². The van der Waals surface area contributed by atoms with Crippen LogP contribution in [0, 0.1) is 5.92 Å². The minimum absolute atomic E-state index is 0.558. The fraction of sp³-hybridized carbons (Fsp3) is 1.00. The van der Waals surface area contributed by atoms with Crippen LogP contribution in [0.4, 0.5) is 0 Å². The molecule has 0 aromatic rings. The number of hydrogen-bond donors (Lipinski definition) is 1. The highest BCUT2D eigenvalue weighted by Crippen LogP contribution is 2.18. The first-order chi connectivity index (χ1) is 10.1. The monoisotopic (exact) mass is 298 g/mol. The van der Waals surface area contributed by atoms with Gasteiger partial charge in [0, 0.05) is 12.6 Å². The van der Waals surface area contributed by atoms with E-state index in [1.807, 2.05) is 0 Å². The van der Waals surface area contributed by atoms with Crippen LogP contribution in [0.25, 0.3) is 0 Å². The molecule has 0 radical (unpaired) electrons. The Morgan fingerprint density at radius 1 is 0.810 bits per heavy atom. The zero-order chi connectivity index (χ0) is 15.9. The highest BCUT2D eigenvalue weighted by atomic mass is 15.1. The van der Waals surface area contributed by atoms with Crippen LogP contribution in [0.3, 0.4) is 0 Å². The summed E-state index contributed by atoms with van der Waals surface area (Å²) in [6, 6.07) is 0.558. The van der Waals surface area contributed by atoms with Gasteiger partial charge in [0.1, 0.15) is 0 Å². The molecule has 21 heavy (non-hydrogen) atoms. The topological polar surface area (TPSA) is 29.3 Å². The number of unbranched alkanes of at least 4 members (excludes halogenated alkanes) is 9. The van der Waals surface area contributed by atoms with Gasteiger partial charge in [-0.3, -0.25) is 0 Å². The van der Waals surface area contributed by atoms with Crippen molar-refractivity contribution in [3.63, 3.8) is 0 Å². The second-order valence-corrected chi connectivity index (χ2v) is 7.16. The van der Waals surface area contributed by atoms with E-state index in [2.05, 4.69) is 32.8 Å². The molecule has 0 amide bonds. The largest absolute Gasteiger partial charge is 0.329 e. The average Bonchev–Trinajstić information content (AvgIpc) is 2.46. The van der Waals surface area contributed by atoms with Gasteiger partial charge in [-0.1, -0.05) is 84.5 Å². The molecule has 0 aliphatic rings. The molecule has 2 atom stereocenters. The molecule has 0 bridgehead atoms. The van der Waals surface area contributed by atoms with E-state index in [0.29, 0.717) is 6.04 Å². The smallest absolute Gasteiger partial charge is 0.0214 e. The van der Waals surface area contributed by atoms with E-state index in [1.165, 1.54) is 77.0 Å². The van der Waals surface area contributed by atoms with Gasteiger partial charge in [0.15, 0.2) is 0 Å². The lowest BCUT2D eigenvalue weighted by atomic mass is 9.94. The van der Waals surface area contributed by atoms with Crippen LogP contribution in [-0.4, -0.2) is 31.6 Å². The van der Waals surface area contributed by atoms with E-state index in [1.54, 1.807) is 0 Å². The fourth-order valence-corrected chi connectivity index (χ4v) is 3.08. The summed E-state index contributed by atoms with van der Waals surface area (Å²) < 4.78 is 0. The van der Waals surface area contributed by atoms with Crippen LogP contribution < -0.4 is 5.73 Å². The van der Waals surface area contributed by atoms with Crippen molar-refractivity contribution in [3.05, 3.63) is 0 Å². The summed E-state index contributed by atoms with van der Waals surface area (Å²) in [6.45, 7) is 5.46. The standard InChI is InChI=1S/C19H42N2/c1-5-6-7-8-9-10-11-12-13-14-15-18(2)16-19(17-20)21(3)4/h18-19H,5-17,20H2,1-4H3/t18-,19-/m1/s1. The van der Waals surface area contributed by atoms with Gasteiger partial charge >= 0.3 is 0 Å². The molecule has 2 N–H and O–H groups in total. The first kappa shape index (κ1) is 20.9. The summed E-state index contributed by atoms with van der Waals surface area (Å²) in [6.07, 6.45) is 16.9. The number of nitrogens with zero attached hydrogens (tertiary/aromatic N) is 1. The summed E-state index contributed by atoms with van der Waals surface area (Å²) in [5.74, 6) is 0.815. The van der Waals surface area contributed by atoms with Crippen molar-refractivity contribution in [2.45, 2.75) is 96.9 Å². The van der Waals surface area contributed by atoms with E-state index >= 15 is 0 Å². The Labute approximate surface area is 134 Å². The number of rotatable bonds is 15. The molecule has 0 aliphatic heterocycles. The molecule has 2 nitrogen and oxygen atoms in total. The molecule has 0 fully saturated rings. The van der Waals surface area contributed by atoms with Crippen molar-refractivity contribution in [3.8, 4) is 0 Å². The lowest BCUT2D eigenvalue weighted by Gasteiger charge is -2.25. The molecular formula is C19H42N2. The normalized spacial score (nSPS) is 14.6. The Balaban J connectivity index is 3.34. The van der Waals surface area contributed by atoms with E-state index in [-0.39, 0.29) is 0 Å². The first-order valence-electron chi connectivity index (χ1n) is 9.48. The molecule has 2 heteroatoms. The van der Waals surface area contributed by atoms with E-state index < -0.39 is 0 Å². The van der Waals surface area contributed by atoms with Crippen molar-refractivity contribution in [1.29, 1.82) is 0 Å². The number of nitrogens with two attached hydrogens (primary N) is 1. The maximum Gasteiger partial charge on any atom is 0.0214 e. The highest BCUT2D eigenvalue weighted by molar-refractivity contribution is 4.70. The molecule has 0 aromatic carbocycles. The van der Waals surface area contributed by atoms with Gasteiger partial charge in [-0.2, -0.15) is 0 Å².